The van der Waals surface area contributed by atoms with Crippen LogP contribution in [0.1, 0.15) is 13.3 Å². The van der Waals surface area contributed by atoms with E-state index in [-0.39, 0.29) is 25.0 Å². The van der Waals surface area contributed by atoms with Gasteiger partial charge in [-0.05, 0) is 18.3 Å². The molecule has 0 spiro atoms. The van der Waals surface area contributed by atoms with E-state index in [1.807, 2.05) is 6.92 Å². The number of ether oxygens (including phenoxy) is 2. The molecule has 0 aromatic heterocycles. The van der Waals surface area contributed by atoms with Crippen LogP contribution in [0.5, 0.6) is 0 Å². The van der Waals surface area contributed by atoms with E-state index in [1.165, 1.54) is 7.11 Å². The Bertz CT molecular complexity index is 254. The van der Waals surface area contributed by atoms with Crippen LogP contribution in [-0.2, 0) is 14.3 Å². The van der Waals surface area contributed by atoms with Gasteiger partial charge in [0.25, 0.3) is 0 Å². The van der Waals surface area contributed by atoms with E-state index in [0.29, 0.717) is 6.42 Å². The molecular formula is C11H20O6. The first-order valence-electron chi connectivity index (χ1n) is 5.65. The van der Waals surface area contributed by atoms with Crippen molar-refractivity contribution in [3.05, 3.63) is 0 Å². The molecule has 3 unspecified atom stereocenters. The first kappa shape index (κ1) is 14.4. The second kappa shape index (κ2) is 6.30. The highest BCUT2D eigenvalue weighted by Crippen LogP contribution is 2.32. The summed E-state index contributed by atoms with van der Waals surface area (Å²) in [5, 5.41) is 28.0. The number of carboxylic acid groups (broad SMARTS) is 1. The zero-order chi connectivity index (χ0) is 13.0. The summed E-state index contributed by atoms with van der Waals surface area (Å²) in [5.74, 6) is -1.18. The van der Waals surface area contributed by atoms with E-state index in [2.05, 4.69) is 0 Å². The summed E-state index contributed by atoms with van der Waals surface area (Å²) in [6.07, 6.45) is -1.65. The average Bonchev–Trinajstić information content (AvgIpc) is 2.29. The summed E-state index contributed by atoms with van der Waals surface area (Å²) in [7, 11) is 1.48. The Morgan fingerprint density at radius 3 is 2.53 bits per heavy atom. The van der Waals surface area contributed by atoms with E-state index in [0.717, 1.165) is 0 Å². The molecule has 6 heteroatoms. The summed E-state index contributed by atoms with van der Waals surface area (Å²) in [4.78, 5) is 10.3. The van der Waals surface area contributed by atoms with Gasteiger partial charge >= 0.3 is 5.97 Å². The molecule has 1 aliphatic carbocycles. The molecule has 6 nitrogen and oxygen atoms in total. The molecule has 0 aliphatic heterocycles. The zero-order valence-corrected chi connectivity index (χ0v) is 10.1. The molecule has 1 rings (SSSR count). The lowest BCUT2D eigenvalue weighted by Crippen LogP contribution is -2.51. The van der Waals surface area contributed by atoms with Crippen LogP contribution in [0, 0.1) is 11.8 Å². The fourth-order valence-corrected chi connectivity index (χ4v) is 2.22. The molecule has 0 bridgehead atoms. The van der Waals surface area contributed by atoms with Crippen molar-refractivity contribution in [1.82, 2.24) is 0 Å². The Balaban J connectivity index is 2.50. The Hall–Kier alpha value is -0.690. The van der Waals surface area contributed by atoms with Gasteiger partial charge in [0, 0.05) is 7.11 Å². The molecule has 0 radical (unpaired) electrons. The van der Waals surface area contributed by atoms with Gasteiger partial charge in [-0.15, -0.1) is 0 Å². The molecule has 0 amide bonds. The predicted molar refractivity (Wildman–Crippen MR) is 58.5 cm³/mol. The van der Waals surface area contributed by atoms with E-state index < -0.39 is 24.3 Å². The van der Waals surface area contributed by atoms with Crippen molar-refractivity contribution >= 4 is 5.97 Å². The predicted octanol–water partition coefficient (Wildman–Crippen LogP) is -0.520. The number of hydrogen-bond acceptors (Lipinski definition) is 5. The number of carbonyl (C=O) groups is 1. The summed E-state index contributed by atoms with van der Waals surface area (Å²) in [5.41, 5.74) is 0. The third kappa shape index (κ3) is 3.64. The first-order chi connectivity index (χ1) is 7.97. The highest BCUT2D eigenvalue weighted by Gasteiger charge is 2.41. The quantitative estimate of drug-likeness (QED) is 0.606. The van der Waals surface area contributed by atoms with E-state index in [4.69, 9.17) is 14.6 Å². The number of aliphatic hydroxyl groups is 2. The standard InChI is InChI=1S/C11H20O6/c1-6-7(4-17-5-9(12)13)3-8(16-2)11(15)10(6)14/h6-8,10-11,14-15H,3-5H2,1-2H3,(H,12,13)/t6?,7?,8-,10-,11?/m0/s1. The molecule has 5 atom stereocenters. The van der Waals surface area contributed by atoms with Crippen molar-refractivity contribution in [2.45, 2.75) is 31.7 Å². The Kier molecular flexibility index (Phi) is 5.32. The molecule has 17 heavy (non-hydrogen) atoms. The highest BCUT2D eigenvalue weighted by atomic mass is 16.5. The van der Waals surface area contributed by atoms with Gasteiger partial charge in [-0.2, -0.15) is 0 Å². The van der Waals surface area contributed by atoms with Crippen LogP contribution in [-0.4, -0.2) is 59.9 Å². The van der Waals surface area contributed by atoms with Gasteiger partial charge in [0.2, 0.25) is 0 Å². The van der Waals surface area contributed by atoms with E-state index >= 15 is 0 Å². The monoisotopic (exact) mass is 248 g/mol. The van der Waals surface area contributed by atoms with Crippen molar-refractivity contribution in [2.75, 3.05) is 20.3 Å². The van der Waals surface area contributed by atoms with Gasteiger partial charge < -0.3 is 24.8 Å². The van der Waals surface area contributed by atoms with Gasteiger partial charge in [-0.25, -0.2) is 4.79 Å². The molecular weight excluding hydrogens is 228 g/mol. The number of aliphatic hydroxyl groups excluding tert-OH is 2. The fourth-order valence-electron chi connectivity index (χ4n) is 2.22. The SMILES string of the molecule is CO[C@H]1CC(COCC(=O)O)C(C)[C@H](O)C1O. The summed E-state index contributed by atoms with van der Waals surface area (Å²) in [6, 6.07) is 0. The fraction of sp³-hybridized carbons (Fsp3) is 0.909. The number of hydrogen-bond donors (Lipinski definition) is 3. The summed E-state index contributed by atoms with van der Waals surface area (Å²) >= 11 is 0. The zero-order valence-electron chi connectivity index (χ0n) is 10.1. The largest absolute Gasteiger partial charge is 0.480 e. The highest BCUT2D eigenvalue weighted by molar-refractivity contribution is 5.67. The van der Waals surface area contributed by atoms with E-state index in [9.17, 15) is 15.0 Å². The summed E-state index contributed by atoms with van der Waals surface area (Å²) in [6.45, 7) is 1.71. The van der Waals surface area contributed by atoms with Gasteiger partial charge in [-0.3, -0.25) is 0 Å². The smallest absolute Gasteiger partial charge is 0.329 e. The molecule has 0 saturated heterocycles. The molecule has 1 fully saturated rings. The molecule has 0 aromatic carbocycles. The van der Waals surface area contributed by atoms with Gasteiger partial charge in [-0.1, -0.05) is 6.92 Å². The Morgan fingerprint density at radius 1 is 1.35 bits per heavy atom. The van der Waals surface area contributed by atoms with Crippen molar-refractivity contribution in [3.63, 3.8) is 0 Å². The molecule has 3 N–H and O–H groups in total. The molecule has 0 aromatic rings. The van der Waals surface area contributed by atoms with Crippen LogP contribution in [0.4, 0.5) is 0 Å². The molecule has 1 aliphatic rings. The van der Waals surface area contributed by atoms with Crippen LogP contribution in [0.25, 0.3) is 0 Å². The Labute approximate surface area is 100 Å². The minimum atomic E-state index is -1.02. The summed E-state index contributed by atoms with van der Waals surface area (Å²) < 4.78 is 10.1. The maximum atomic E-state index is 10.3. The molecule has 1 saturated carbocycles. The average molecular weight is 248 g/mol. The lowest BCUT2D eigenvalue weighted by molar-refractivity contribution is -0.153. The van der Waals surface area contributed by atoms with Gasteiger partial charge in [0.05, 0.1) is 18.8 Å². The molecule has 100 valence electrons. The second-order valence-corrected chi connectivity index (χ2v) is 4.52. The van der Waals surface area contributed by atoms with E-state index in [1.54, 1.807) is 0 Å². The first-order valence-corrected chi connectivity index (χ1v) is 5.65. The number of aliphatic carboxylic acids is 1. The van der Waals surface area contributed by atoms with Crippen LogP contribution >= 0.6 is 0 Å². The maximum Gasteiger partial charge on any atom is 0.329 e. The van der Waals surface area contributed by atoms with Gasteiger partial charge in [0.15, 0.2) is 0 Å². The normalized spacial score (nSPS) is 38.0. The minimum absolute atomic E-state index is 0.0160. The van der Waals surface area contributed by atoms with Crippen molar-refractivity contribution in [3.8, 4) is 0 Å². The van der Waals surface area contributed by atoms with Crippen LogP contribution in [0.2, 0.25) is 0 Å². The number of carboxylic acids is 1. The molecule has 0 heterocycles. The van der Waals surface area contributed by atoms with Crippen molar-refractivity contribution in [1.29, 1.82) is 0 Å². The van der Waals surface area contributed by atoms with Crippen LogP contribution < -0.4 is 0 Å². The van der Waals surface area contributed by atoms with Crippen LogP contribution in [0.15, 0.2) is 0 Å². The Morgan fingerprint density at radius 2 is 2.00 bits per heavy atom. The lowest BCUT2D eigenvalue weighted by Gasteiger charge is -2.40. The van der Waals surface area contributed by atoms with Crippen LogP contribution in [0.3, 0.4) is 0 Å². The maximum absolute atomic E-state index is 10.3. The topological polar surface area (TPSA) is 96.2 Å². The number of methoxy groups -OCH3 is 1. The second-order valence-electron chi connectivity index (χ2n) is 4.52. The van der Waals surface area contributed by atoms with Crippen molar-refractivity contribution in [2.24, 2.45) is 11.8 Å². The third-order valence-corrected chi connectivity index (χ3v) is 3.41. The lowest BCUT2D eigenvalue weighted by atomic mass is 9.76. The minimum Gasteiger partial charge on any atom is -0.480 e. The van der Waals surface area contributed by atoms with Gasteiger partial charge in [0.1, 0.15) is 12.7 Å². The van der Waals surface area contributed by atoms with Crippen molar-refractivity contribution < 1.29 is 29.6 Å². The number of rotatable bonds is 5. The third-order valence-electron chi connectivity index (χ3n) is 3.41.